The van der Waals surface area contributed by atoms with Crippen LogP contribution < -0.4 is 5.32 Å². The minimum absolute atomic E-state index is 0.0837. The summed E-state index contributed by atoms with van der Waals surface area (Å²) in [6.07, 6.45) is 2.54. The average molecular weight is 448 g/mol. The lowest BCUT2D eigenvalue weighted by molar-refractivity contribution is -0.132. The van der Waals surface area contributed by atoms with Gasteiger partial charge in [-0.1, -0.05) is 6.42 Å². The van der Waals surface area contributed by atoms with E-state index in [9.17, 15) is 26.4 Å². The molecule has 2 amide bonds. The molecule has 0 aliphatic carbocycles. The number of carbonyl (C=O) groups excluding carboxylic acids is 2. The lowest BCUT2D eigenvalue weighted by Crippen LogP contribution is -2.51. The molecule has 1 aromatic rings. The van der Waals surface area contributed by atoms with Crippen molar-refractivity contribution in [2.45, 2.75) is 37.3 Å². The van der Waals surface area contributed by atoms with E-state index in [4.69, 9.17) is 4.42 Å². The van der Waals surface area contributed by atoms with Crippen LogP contribution in [-0.4, -0.2) is 81.6 Å². The van der Waals surface area contributed by atoms with Gasteiger partial charge in [-0.15, -0.1) is 0 Å². The smallest absolute Gasteiger partial charge is 0.287 e. The standard InChI is InChI=1S/C17H25N3O7S2/c1-13(17(22)19-9-11-28(23,24)12-10-19)18-16(21)14-5-6-15(27-14)29(25,26)20-7-3-2-4-8-20/h5-6,13H,2-4,7-12H2,1H3,(H,18,21). The van der Waals surface area contributed by atoms with Crippen molar-refractivity contribution < 1.29 is 30.8 Å². The van der Waals surface area contributed by atoms with Crippen molar-refractivity contribution in [3.05, 3.63) is 17.9 Å². The number of hydrogen-bond acceptors (Lipinski definition) is 7. The summed E-state index contributed by atoms with van der Waals surface area (Å²) >= 11 is 0. The number of amides is 2. The zero-order valence-electron chi connectivity index (χ0n) is 16.2. The molecule has 2 saturated heterocycles. The number of sulfone groups is 1. The lowest BCUT2D eigenvalue weighted by atomic mass is 10.2. The molecule has 2 aliphatic rings. The summed E-state index contributed by atoms with van der Waals surface area (Å²) in [5, 5.41) is 2.18. The largest absolute Gasteiger partial charge is 0.438 e. The number of sulfonamides is 1. The number of furan rings is 1. The maximum Gasteiger partial charge on any atom is 0.287 e. The molecule has 29 heavy (non-hydrogen) atoms. The highest BCUT2D eigenvalue weighted by Crippen LogP contribution is 2.22. The summed E-state index contributed by atoms with van der Waals surface area (Å²) < 4.78 is 54.8. The third-order valence-corrected chi connectivity index (χ3v) is 8.47. The first-order valence-corrected chi connectivity index (χ1v) is 12.8. The maximum atomic E-state index is 12.6. The van der Waals surface area contributed by atoms with Gasteiger partial charge in [-0.3, -0.25) is 9.59 Å². The van der Waals surface area contributed by atoms with Gasteiger partial charge in [-0.05, 0) is 31.9 Å². The van der Waals surface area contributed by atoms with Crippen molar-refractivity contribution in [3.63, 3.8) is 0 Å². The van der Waals surface area contributed by atoms with Crippen molar-refractivity contribution in [1.29, 1.82) is 0 Å². The Morgan fingerprint density at radius 3 is 2.31 bits per heavy atom. The van der Waals surface area contributed by atoms with Crippen LogP contribution in [0.4, 0.5) is 0 Å². The summed E-state index contributed by atoms with van der Waals surface area (Å²) in [4.78, 5) is 26.2. The second-order valence-corrected chi connectivity index (χ2v) is 11.4. The van der Waals surface area contributed by atoms with Gasteiger partial charge in [0.15, 0.2) is 15.6 Å². The van der Waals surface area contributed by atoms with Crippen LogP contribution in [0.15, 0.2) is 21.6 Å². The highest BCUT2D eigenvalue weighted by molar-refractivity contribution is 7.91. The minimum Gasteiger partial charge on any atom is -0.438 e. The first-order valence-electron chi connectivity index (χ1n) is 9.50. The SMILES string of the molecule is CC(NC(=O)c1ccc(S(=O)(=O)N2CCCCC2)o1)C(=O)N1CCS(=O)(=O)CC1. The van der Waals surface area contributed by atoms with Crippen LogP contribution in [0.25, 0.3) is 0 Å². The predicted molar refractivity (Wildman–Crippen MR) is 103 cm³/mol. The van der Waals surface area contributed by atoms with Crippen LogP contribution in [0.3, 0.4) is 0 Å². The molecule has 2 aliphatic heterocycles. The first-order chi connectivity index (χ1) is 13.6. The molecule has 0 radical (unpaired) electrons. The molecule has 1 N–H and O–H groups in total. The van der Waals surface area contributed by atoms with Gasteiger partial charge in [0.05, 0.1) is 11.5 Å². The van der Waals surface area contributed by atoms with Crippen LogP contribution >= 0.6 is 0 Å². The molecule has 0 aromatic carbocycles. The van der Waals surface area contributed by atoms with Gasteiger partial charge in [-0.2, -0.15) is 4.31 Å². The molecule has 3 rings (SSSR count). The Labute approximate surface area is 170 Å². The van der Waals surface area contributed by atoms with Crippen molar-refractivity contribution in [3.8, 4) is 0 Å². The van der Waals surface area contributed by atoms with Crippen LogP contribution in [0, 0.1) is 0 Å². The third kappa shape index (κ3) is 4.98. The molecule has 3 heterocycles. The fourth-order valence-corrected chi connectivity index (χ4v) is 5.98. The fraction of sp³-hybridized carbons (Fsp3) is 0.647. The molecule has 2 fully saturated rings. The van der Waals surface area contributed by atoms with E-state index >= 15 is 0 Å². The zero-order chi connectivity index (χ0) is 21.2. The normalized spacial score (nSPS) is 21.5. The summed E-state index contributed by atoms with van der Waals surface area (Å²) in [6, 6.07) is 1.59. The highest BCUT2D eigenvalue weighted by atomic mass is 32.2. The van der Waals surface area contributed by atoms with E-state index in [-0.39, 0.29) is 35.4 Å². The number of nitrogens with one attached hydrogen (secondary N) is 1. The third-order valence-electron chi connectivity index (χ3n) is 5.09. The van der Waals surface area contributed by atoms with Crippen molar-refractivity contribution >= 4 is 31.7 Å². The summed E-state index contributed by atoms with van der Waals surface area (Å²) in [7, 11) is -6.91. The highest BCUT2D eigenvalue weighted by Gasteiger charge is 2.31. The van der Waals surface area contributed by atoms with Gasteiger partial charge in [0.1, 0.15) is 6.04 Å². The fourth-order valence-electron chi connectivity index (χ4n) is 3.35. The molecule has 12 heteroatoms. The Bertz CT molecular complexity index is 964. The van der Waals surface area contributed by atoms with Gasteiger partial charge in [-0.25, -0.2) is 16.8 Å². The van der Waals surface area contributed by atoms with Gasteiger partial charge in [0.2, 0.25) is 11.0 Å². The second-order valence-electron chi connectivity index (χ2n) is 7.26. The molecular formula is C17H25N3O7S2. The van der Waals surface area contributed by atoms with E-state index in [0.29, 0.717) is 13.1 Å². The summed E-state index contributed by atoms with van der Waals surface area (Å²) in [6.45, 7) is 2.49. The average Bonchev–Trinajstić information content (AvgIpc) is 3.19. The van der Waals surface area contributed by atoms with Gasteiger partial charge >= 0.3 is 0 Å². The molecule has 1 unspecified atom stereocenters. The molecule has 1 aromatic heterocycles. The van der Waals surface area contributed by atoms with Crippen LogP contribution in [0.5, 0.6) is 0 Å². The monoisotopic (exact) mass is 447 g/mol. The number of piperidine rings is 1. The molecule has 10 nitrogen and oxygen atoms in total. The van der Waals surface area contributed by atoms with E-state index in [1.807, 2.05) is 0 Å². The van der Waals surface area contributed by atoms with Crippen LogP contribution in [-0.2, 0) is 24.7 Å². The van der Waals surface area contributed by atoms with E-state index in [2.05, 4.69) is 5.32 Å². The van der Waals surface area contributed by atoms with E-state index in [1.165, 1.54) is 28.3 Å². The van der Waals surface area contributed by atoms with Crippen molar-refractivity contribution in [2.24, 2.45) is 0 Å². The Balaban J connectivity index is 1.62. The molecule has 162 valence electrons. The van der Waals surface area contributed by atoms with Crippen LogP contribution in [0.2, 0.25) is 0 Å². The van der Waals surface area contributed by atoms with Gasteiger partial charge in [0.25, 0.3) is 15.9 Å². The predicted octanol–water partition coefficient (Wildman–Crippen LogP) is -0.170. The van der Waals surface area contributed by atoms with Crippen molar-refractivity contribution in [1.82, 2.24) is 14.5 Å². The van der Waals surface area contributed by atoms with Gasteiger partial charge in [0, 0.05) is 26.2 Å². The van der Waals surface area contributed by atoms with E-state index < -0.39 is 37.7 Å². The van der Waals surface area contributed by atoms with E-state index in [1.54, 1.807) is 0 Å². The summed E-state index contributed by atoms with van der Waals surface area (Å²) in [5.41, 5.74) is 0. The Hall–Kier alpha value is -1.92. The summed E-state index contributed by atoms with van der Waals surface area (Å²) in [5.74, 6) is -1.53. The minimum atomic E-state index is -3.79. The zero-order valence-corrected chi connectivity index (χ0v) is 17.8. The Morgan fingerprint density at radius 2 is 1.69 bits per heavy atom. The number of hydrogen-bond donors (Lipinski definition) is 1. The molecule has 0 spiro atoms. The van der Waals surface area contributed by atoms with Gasteiger partial charge < -0.3 is 14.6 Å². The quantitative estimate of drug-likeness (QED) is 0.662. The first kappa shape index (κ1) is 21.8. The molecule has 1 atom stereocenters. The Morgan fingerprint density at radius 1 is 1.07 bits per heavy atom. The second kappa shape index (κ2) is 8.44. The number of carbonyl (C=O) groups is 2. The maximum absolute atomic E-state index is 12.6. The van der Waals surface area contributed by atoms with Crippen molar-refractivity contribution in [2.75, 3.05) is 37.7 Å². The Kier molecular flexibility index (Phi) is 6.34. The number of nitrogens with zero attached hydrogens (tertiary/aromatic N) is 2. The van der Waals surface area contributed by atoms with E-state index in [0.717, 1.165) is 19.3 Å². The number of rotatable bonds is 5. The molecule has 0 saturated carbocycles. The topological polar surface area (TPSA) is 134 Å². The van der Waals surface area contributed by atoms with Crippen LogP contribution in [0.1, 0.15) is 36.7 Å². The molecule has 0 bridgehead atoms. The lowest BCUT2D eigenvalue weighted by Gasteiger charge is -2.29. The molecular weight excluding hydrogens is 422 g/mol.